The number of hydrogen-bond acceptors (Lipinski definition) is 3. The molecule has 1 amide bonds. The zero-order chi connectivity index (χ0) is 16.8. The standard InChI is InChI=1S/C20H24N2O2/c1-16-3-2-4-18(15-16)20(23)22-12-7-17(8-13-22)9-14-24-19-5-10-21-11-6-19/h2-6,10-11,15,17H,7-9,12-14H2,1H3. The van der Waals surface area contributed by atoms with Crippen LogP contribution in [0.4, 0.5) is 0 Å². The molecule has 2 heterocycles. The van der Waals surface area contributed by atoms with E-state index in [1.807, 2.05) is 48.2 Å². The number of carbonyl (C=O) groups is 1. The van der Waals surface area contributed by atoms with Crippen LogP contribution >= 0.6 is 0 Å². The van der Waals surface area contributed by atoms with E-state index >= 15 is 0 Å². The Morgan fingerprint density at radius 1 is 1.21 bits per heavy atom. The summed E-state index contributed by atoms with van der Waals surface area (Å²) >= 11 is 0. The number of ether oxygens (including phenoxy) is 1. The molecule has 0 N–H and O–H groups in total. The van der Waals surface area contributed by atoms with Crippen molar-refractivity contribution in [1.29, 1.82) is 0 Å². The largest absolute Gasteiger partial charge is 0.493 e. The summed E-state index contributed by atoms with van der Waals surface area (Å²) in [7, 11) is 0. The normalized spacial score (nSPS) is 15.3. The van der Waals surface area contributed by atoms with E-state index in [1.165, 1.54) is 0 Å². The molecule has 0 bridgehead atoms. The van der Waals surface area contributed by atoms with E-state index in [4.69, 9.17) is 4.74 Å². The number of carbonyl (C=O) groups excluding carboxylic acids is 1. The van der Waals surface area contributed by atoms with Crippen LogP contribution in [0.15, 0.2) is 48.8 Å². The monoisotopic (exact) mass is 324 g/mol. The van der Waals surface area contributed by atoms with Crippen molar-refractivity contribution in [3.8, 4) is 5.75 Å². The van der Waals surface area contributed by atoms with Crippen molar-refractivity contribution in [2.24, 2.45) is 5.92 Å². The molecule has 2 aromatic rings. The number of piperidine rings is 1. The number of rotatable bonds is 5. The third kappa shape index (κ3) is 4.34. The van der Waals surface area contributed by atoms with Crippen LogP contribution in [-0.2, 0) is 0 Å². The fourth-order valence-electron chi connectivity index (χ4n) is 3.16. The van der Waals surface area contributed by atoms with Gasteiger partial charge in [0.05, 0.1) is 6.61 Å². The predicted molar refractivity (Wildman–Crippen MR) is 94.2 cm³/mol. The fraction of sp³-hybridized carbons (Fsp3) is 0.400. The quantitative estimate of drug-likeness (QED) is 0.842. The summed E-state index contributed by atoms with van der Waals surface area (Å²) in [5, 5.41) is 0. The second-order valence-corrected chi connectivity index (χ2v) is 6.43. The van der Waals surface area contributed by atoms with Crippen LogP contribution in [0.3, 0.4) is 0 Å². The van der Waals surface area contributed by atoms with Gasteiger partial charge in [-0.15, -0.1) is 0 Å². The molecular formula is C20H24N2O2. The van der Waals surface area contributed by atoms with Gasteiger partial charge in [0.15, 0.2) is 0 Å². The van der Waals surface area contributed by atoms with E-state index in [0.717, 1.165) is 55.8 Å². The summed E-state index contributed by atoms with van der Waals surface area (Å²) < 4.78 is 5.74. The third-order valence-corrected chi connectivity index (χ3v) is 4.61. The molecule has 0 spiro atoms. The molecule has 0 saturated carbocycles. The van der Waals surface area contributed by atoms with Crippen LogP contribution in [0.1, 0.15) is 35.2 Å². The van der Waals surface area contributed by atoms with Crippen molar-refractivity contribution in [3.05, 3.63) is 59.9 Å². The average Bonchev–Trinajstić information content (AvgIpc) is 2.63. The van der Waals surface area contributed by atoms with E-state index < -0.39 is 0 Å². The van der Waals surface area contributed by atoms with Crippen LogP contribution in [-0.4, -0.2) is 35.5 Å². The number of amides is 1. The second kappa shape index (κ2) is 7.95. The third-order valence-electron chi connectivity index (χ3n) is 4.61. The van der Waals surface area contributed by atoms with Gasteiger partial charge in [0.1, 0.15) is 5.75 Å². The Morgan fingerprint density at radius 3 is 2.67 bits per heavy atom. The Kier molecular flexibility index (Phi) is 5.47. The Balaban J connectivity index is 1.43. The highest BCUT2D eigenvalue weighted by Gasteiger charge is 2.23. The van der Waals surface area contributed by atoms with Crippen molar-refractivity contribution in [2.45, 2.75) is 26.2 Å². The topological polar surface area (TPSA) is 42.4 Å². The molecular weight excluding hydrogens is 300 g/mol. The molecule has 0 unspecified atom stereocenters. The first kappa shape index (κ1) is 16.5. The van der Waals surface area contributed by atoms with Crippen molar-refractivity contribution in [3.63, 3.8) is 0 Å². The minimum atomic E-state index is 0.158. The Morgan fingerprint density at radius 2 is 1.96 bits per heavy atom. The number of benzene rings is 1. The first-order chi connectivity index (χ1) is 11.7. The molecule has 1 aromatic heterocycles. The minimum absolute atomic E-state index is 0.158. The van der Waals surface area contributed by atoms with Crippen molar-refractivity contribution in [1.82, 2.24) is 9.88 Å². The highest BCUT2D eigenvalue weighted by atomic mass is 16.5. The van der Waals surface area contributed by atoms with E-state index in [-0.39, 0.29) is 5.91 Å². The summed E-state index contributed by atoms with van der Waals surface area (Å²) in [6.45, 7) is 4.42. The summed E-state index contributed by atoms with van der Waals surface area (Å²) in [6.07, 6.45) is 6.62. The van der Waals surface area contributed by atoms with Gasteiger partial charge in [0, 0.05) is 31.0 Å². The van der Waals surface area contributed by atoms with Gasteiger partial charge < -0.3 is 9.64 Å². The van der Waals surface area contributed by atoms with E-state index in [0.29, 0.717) is 5.92 Å². The summed E-state index contributed by atoms with van der Waals surface area (Å²) in [5.41, 5.74) is 1.93. The van der Waals surface area contributed by atoms with Gasteiger partial charge in [0.2, 0.25) is 0 Å². The molecule has 1 fully saturated rings. The van der Waals surface area contributed by atoms with Gasteiger partial charge in [-0.25, -0.2) is 0 Å². The maximum atomic E-state index is 12.6. The highest BCUT2D eigenvalue weighted by molar-refractivity contribution is 5.94. The molecule has 3 rings (SSSR count). The number of hydrogen-bond donors (Lipinski definition) is 0. The van der Waals surface area contributed by atoms with Crippen molar-refractivity contribution >= 4 is 5.91 Å². The first-order valence-electron chi connectivity index (χ1n) is 8.61. The molecule has 0 aliphatic carbocycles. The molecule has 1 aliphatic rings. The summed E-state index contributed by atoms with van der Waals surface area (Å²) in [6, 6.07) is 11.6. The maximum absolute atomic E-state index is 12.6. The molecule has 4 heteroatoms. The number of nitrogens with zero attached hydrogens (tertiary/aromatic N) is 2. The van der Waals surface area contributed by atoms with Crippen LogP contribution in [0.2, 0.25) is 0 Å². The van der Waals surface area contributed by atoms with Crippen molar-refractivity contribution < 1.29 is 9.53 Å². The van der Waals surface area contributed by atoms with Gasteiger partial charge in [-0.3, -0.25) is 9.78 Å². The molecule has 0 radical (unpaired) electrons. The van der Waals surface area contributed by atoms with Crippen LogP contribution in [0.25, 0.3) is 0 Å². The predicted octanol–water partition coefficient (Wildman–Crippen LogP) is 3.71. The summed E-state index contributed by atoms with van der Waals surface area (Å²) in [4.78, 5) is 18.5. The smallest absolute Gasteiger partial charge is 0.253 e. The lowest BCUT2D eigenvalue weighted by molar-refractivity contribution is 0.0680. The average molecular weight is 324 g/mol. The molecule has 0 atom stereocenters. The van der Waals surface area contributed by atoms with Gasteiger partial charge in [-0.1, -0.05) is 17.7 Å². The Labute approximate surface area is 143 Å². The summed E-state index contributed by atoms with van der Waals surface area (Å²) in [5.74, 6) is 1.66. The lowest BCUT2D eigenvalue weighted by atomic mass is 9.93. The molecule has 24 heavy (non-hydrogen) atoms. The lowest BCUT2D eigenvalue weighted by Gasteiger charge is -2.32. The van der Waals surface area contributed by atoms with E-state index in [1.54, 1.807) is 12.4 Å². The number of pyridine rings is 1. The van der Waals surface area contributed by atoms with Gasteiger partial charge >= 0.3 is 0 Å². The Hall–Kier alpha value is -2.36. The molecule has 4 nitrogen and oxygen atoms in total. The van der Waals surface area contributed by atoms with Gasteiger partial charge in [-0.2, -0.15) is 0 Å². The maximum Gasteiger partial charge on any atom is 0.253 e. The fourth-order valence-corrected chi connectivity index (χ4v) is 3.16. The highest BCUT2D eigenvalue weighted by Crippen LogP contribution is 2.22. The van der Waals surface area contributed by atoms with Crippen LogP contribution in [0.5, 0.6) is 5.75 Å². The van der Waals surface area contributed by atoms with E-state index in [9.17, 15) is 4.79 Å². The number of aryl methyl sites for hydroxylation is 1. The zero-order valence-electron chi connectivity index (χ0n) is 14.1. The first-order valence-corrected chi connectivity index (χ1v) is 8.61. The SMILES string of the molecule is Cc1cccc(C(=O)N2CCC(CCOc3ccncc3)CC2)c1. The van der Waals surface area contributed by atoms with Crippen LogP contribution < -0.4 is 4.74 Å². The van der Waals surface area contributed by atoms with Gasteiger partial charge in [0.25, 0.3) is 5.91 Å². The van der Waals surface area contributed by atoms with Crippen molar-refractivity contribution in [2.75, 3.05) is 19.7 Å². The molecule has 1 aliphatic heterocycles. The Bertz CT molecular complexity index is 664. The van der Waals surface area contributed by atoms with Crippen LogP contribution in [0, 0.1) is 12.8 Å². The molecule has 1 saturated heterocycles. The van der Waals surface area contributed by atoms with Gasteiger partial charge in [-0.05, 0) is 56.4 Å². The minimum Gasteiger partial charge on any atom is -0.493 e. The molecule has 1 aromatic carbocycles. The second-order valence-electron chi connectivity index (χ2n) is 6.43. The lowest BCUT2D eigenvalue weighted by Crippen LogP contribution is -2.38. The number of aromatic nitrogens is 1. The van der Waals surface area contributed by atoms with E-state index in [2.05, 4.69) is 4.98 Å². The molecule has 126 valence electrons. The number of likely N-dealkylation sites (tertiary alicyclic amines) is 1. The zero-order valence-corrected chi connectivity index (χ0v) is 14.1.